The number of rotatable bonds is 3. The second-order valence-electron chi connectivity index (χ2n) is 4.97. The van der Waals surface area contributed by atoms with Crippen LogP contribution in [-0.2, 0) is 4.79 Å². The molecule has 1 aromatic heterocycles. The van der Waals surface area contributed by atoms with Gasteiger partial charge in [-0.25, -0.2) is 5.01 Å². The molecule has 0 saturated carbocycles. The Morgan fingerprint density at radius 2 is 2.00 bits per heavy atom. The van der Waals surface area contributed by atoms with Gasteiger partial charge in [0.05, 0.1) is 10.2 Å². The normalized spacial score (nSPS) is 19.0. The zero-order valence-corrected chi connectivity index (χ0v) is 12.8. The molecular formula is C13H15ClN4O2S. The van der Waals surface area contributed by atoms with Gasteiger partial charge in [-0.05, 0) is 18.2 Å². The maximum atomic E-state index is 12.3. The van der Waals surface area contributed by atoms with Crippen LogP contribution in [0.25, 0.3) is 10.2 Å². The molecule has 2 N–H and O–H groups in total. The van der Waals surface area contributed by atoms with Crippen LogP contribution >= 0.6 is 22.9 Å². The van der Waals surface area contributed by atoms with Crippen LogP contribution in [0.3, 0.4) is 0 Å². The zero-order valence-electron chi connectivity index (χ0n) is 11.2. The predicted molar refractivity (Wildman–Crippen MR) is 83.5 cm³/mol. The van der Waals surface area contributed by atoms with Crippen LogP contribution in [-0.4, -0.2) is 46.9 Å². The number of aromatic nitrogens is 1. The van der Waals surface area contributed by atoms with Crippen LogP contribution in [0.15, 0.2) is 23.0 Å². The second-order valence-corrected chi connectivity index (χ2v) is 6.40. The molecule has 3 rings (SSSR count). The SMILES string of the molecule is NN1CCN(C(C=O)n2c(=O)sc3ccc(Cl)cc32)CC1. The second kappa shape index (κ2) is 5.86. The summed E-state index contributed by atoms with van der Waals surface area (Å²) in [5.41, 5.74) is 0.699. The first-order chi connectivity index (χ1) is 10.1. The van der Waals surface area contributed by atoms with Gasteiger partial charge >= 0.3 is 4.87 Å². The van der Waals surface area contributed by atoms with E-state index in [1.165, 1.54) is 4.57 Å². The number of piperazine rings is 1. The van der Waals surface area contributed by atoms with Crippen LogP contribution in [0.5, 0.6) is 0 Å². The molecule has 0 spiro atoms. The third kappa shape index (κ3) is 2.75. The number of carbonyl (C=O) groups is 1. The third-order valence-electron chi connectivity index (χ3n) is 3.68. The van der Waals surface area contributed by atoms with Gasteiger partial charge in [0.1, 0.15) is 6.17 Å². The van der Waals surface area contributed by atoms with E-state index in [0.29, 0.717) is 36.7 Å². The molecule has 21 heavy (non-hydrogen) atoms. The molecule has 1 atom stereocenters. The quantitative estimate of drug-likeness (QED) is 0.670. The van der Waals surface area contributed by atoms with E-state index >= 15 is 0 Å². The molecule has 8 heteroatoms. The van der Waals surface area contributed by atoms with Crippen molar-refractivity contribution in [3.05, 3.63) is 32.9 Å². The van der Waals surface area contributed by atoms with Crippen molar-refractivity contribution in [1.29, 1.82) is 0 Å². The number of aldehydes is 1. The number of hydrazine groups is 1. The summed E-state index contributed by atoms with van der Waals surface area (Å²) in [7, 11) is 0. The Bertz CT molecular complexity index is 721. The van der Waals surface area contributed by atoms with Crippen LogP contribution in [0, 0.1) is 0 Å². The van der Waals surface area contributed by atoms with Crippen molar-refractivity contribution >= 4 is 39.4 Å². The minimum Gasteiger partial charge on any atom is -0.299 e. The molecule has 0 amide bonds. The maximum absolute atomic E-state index is 12.3. The van der Waals surface area contributed by atoms with Crippen molar-refractivity contribution in [2.24, 2.45) is 5.84 Å². The van der Waals surface area contributed by atoms with Crippen molar-refractivity contribution in [1.82, 2.24) is 14.5 Å². The number of nitrogens with two attached hydrogens (primary N) is 1. The van der Waals surface area contributed by atoms with E-state index in [1.807, 2.05) is 4.90 Å². The topological polar surface area (TPSA) is 71.6 Å². The average molecular weight is 327 g/mol. The van der Waals surface area contributed by atoms with E-state index in [9.17, 15) is 9.59 Å². The highest BCUT2D eigenvalue weighted by atomic mass is 35.5. The van der Waals surface area contributed by atoms with Gasteiger partial charge in [0.25, 0.3) is 0 Å². The Morgan fingerprint density at radius 3 is 2.67 bits per heavy atom. The van der Waals surface area contributed by atoms with Crippen molar-refractivity contribution < 1.29 is 4.79 Å². The molecule has 0 aliphatic carbocycles. The minimum atomic E-state index is -0.613. The highest BCUT2D eigenvalue weighted by Crippen LogP contribution is 2.25. The van der Waals surface area contributed by atoms with Gasteiger partial charge in [-0.2, -0.15) is 0 Å². The lowest BCUT2D eigenvalue weighted by Gasteiger charge is -2.35. The molecule has 0 bridgehead atoms. The van der Waals surface area contributed by atoms with Crippen LogP contribution in [0.1, 0.15) is 6.17 Å². The van der Waals surface area contributed by atoms with Gasteiger partial charge in [0.15, 0.2) is 6.29 Å². The summed E-state index contributed by atoms with van der Waals surface area (Å²) in [6, 6.07) is 5.28. The molecule has 1 aromatic carbocycles. The molecule has 0 radical (unpaired) electrons. The number of halogens is 1. The number of fused-ring (bicyclic) bond motifs is 1. The zero-order chi connectivity index (χ0) is 15.0. The van der Waals surface area contributed by atoms with E-state index in [0.717, 1.165) is 22.3 Å². The average Bonchev–Trinajstić information content (AvgIpc) is 2.78. The largest absolute Gasteiger partial charge is 0.309 e. The van der Waals surface area contributed by atoms with Crippen molar-refractivity contribution in [2.75, 3.05) is 26.2 Å². The number of benzene rings is 1. The summed E-state index contributed by atoms with van der Waals surface area (Å²) in [6.45, 7) is 2.62. The van der Waals surface area contributed by atoms with Gasteiger partial charge in [-0.15, -0.1) is 0 Å². The molecule has 6 nitrogen and oxygen atoms in total. The molecule has 112 valence electrons. The van der Waals surface area contributed by atoms with E-state index in [4.69, 9.17) is 17.4 Å². The summed E-state index contributed by atoms with van der Waals surface area (Å²) >= 11 is 7.14. The fourth-order valence-corrected chi connectivity index (χ4v) is 3.63. The van der Waals surface area contributed by atoms with E-state index in [2.05, 4.69) is 0 Å². The van der Waals surface area contributed by atoms with Crippen LogP contribution in [0.4, 0.5) is 0 Å². The first-order valence-corrected chi connectivity index (χ1v) is 7.79. The van der Waals surface area contributed by atoms with Crippen molar-refractivity contribution in [2.45, 2.75) is 6.17 Å². The predicted octanol–water partition coefficient (Wildman–Crippen LogP) is 0.905. The van der Waals surface area contributed by atoms with Gasteiger partial charge in [0.2, 0.25) is 0 Å². The molecule has 2 aromatic rings. The summed E-state index contributed by atoms with van der Waals surface area (Å²) < 4.78 is 2.35. The van der Waals surface area contributed by atoms with Gasteiger partial charge in [-0.1, -0.05) is 22.9 Å². The summed E-state index contributed by atoms with van der Waals surface area (Å²) in [5, 5.41) is 2.26. The number of hydrogen-bond donors (Lipinski definition) is 1. The molecule has 1 aliphatic heterocycles. The summed E-state index contributed by atoms with van der Waals surface area (Å²) in [6.07, 6.45) is 0.194. The lowest BCUT2D eigenvalue weighted by atomic mass is 10.3. The first-order valence-electron chi connectivity index (χ1n) is 6.60. The molecule has 1 unspecified atom stereocenters. The third-order valence-corrected chi connectivity index (χ3v) is 4.86. The number of carbonyl (C=O) groups excluding carboxylic acids is 1. The minimum absolute atomic E-state index is 0.153. The highest BCUT2D eigenvalue weighted by molar-refractivity contribution is 7.16. The lowest BCUT2D eigenvalue weighted by molar-refractivity contribution is -0.116. The number of hydrogen-bond acceptors (Lipinski definition) is 6. The number of nitrogens with zero attached hydrogens (tertiary/aromatic N) is 3. The van der Waals surface area contributed by atoms with Crippen molar-refractivity contribution in [3.8, 4) is 0 Å². The molecule has 1 aliphatic rings. The van der Waals surface area contributed by atoms with Crippen molar-refractivity contribution in [3.63, 3.8) is 0 Å². The Labute approximate surface area is 130 Å². The van der Waals surface area contributed by atoms with Crippen LogP contribution < -0.4 is 10.7 Å². The first kappa shape index (κ1) is 14.7. The Kier molecular flexibility index (Phi) is 4.10. The Hall–Kier alpha value is -1.25. The standard InChI is InChI=1S/C13H15ClN4O2S/c14-9-1-2-11-10(7-9)18(13(20)21-11)12(8-19)16-3-5-17(15)6-4-16/h1-2,7-8,12H,3-6,15H2. The van der Waals surface area contributed by atoms with E-state index in [1.54, 1.807) is 23.2 Å². The van der Waals surface area contributed by atoms with Gasteiger partial charge in [-0.3, -0.25) is 24.9 Å². The van der Waals surface area contributed by atoms with E-state index in [-0.39, 0.29) is 4.87 Å². The van der Waals surface area contributed by atoms with E-state index < -0.39 is 6.17 Å². The smallest absolute Gasteiger partial charge is 0.299 e. The molecule has 1 fully saturated rings. The molecule has 1 saturated heterocycles. The monoisotopic (exact) mass is 326 g/mol. The summed E-state index contributed by atoms with van der Waals surface area (Å²) in [5.74, 6) is 5.73. The van der Waals surface area contributed by atoms with Gasteiger partial charge in [0, 0.05) is 31.2 Å². The molecule has 2 heterocycles. The highest BCUT2D eigenvalue weighted by Gasteiger charge is 2.26. The Balaban J connectivity index is 2.04. The molecular weight excluding hydrogens is 312 g/mol. The van der Waals surface area contributed by atoms with Crippen LogP contribution in [0.2, 0.25) is 5.02 Å². The number of thiazole rings is 1. The summed E-state index contributed by atoms with van der Waals surface area (Å²) in [4.78, 5) is 25.7. The fraction of sp³-hybridized carbons (Fsp3) is 0.385. The fourth-order valence-electron chi connectivity index (χ4n) is 2.57. The van der Waals surface area contributed by atoms with Gasteiger partial charge < -0.3 is 0 Å². The maximum Gasteiger partial charge on any atom is 0.309 e. The Morgan fingerprint density at radius 1 is 1.29 bits per heavy atom. The lowest BCUT2D eigenvalue weighted by Crippen LogP contribution is -2.52.